The number of alkyl halides is 2. The number of unbranched alkanes of at least 4 members (excludes halogenated alkanes) is 3. The third-order valence-electron chi connectivity index (χ3n) is 4.42. The zero-order chi connectivity index (χ0) is 16.4. The van der Waals surface area contributed by atoms with Gasteiger partial charge in [-0.25, -0.2) is 0 Å². The number of rotatable bonds is 11. The van der Waals surface area contributed by atoms with Gasteiger partial charge in [-0.05, 0) is 0 Å². The number of hydrogen-bond acceptors (Lipinski definition) is 2. The van der Waals surface area contributed by atoms with Crippen molar-refractivity contribution in [2.75, 3.05) is 0 Å². The predicted molar refractivity (Wildman–Crippen MR) is 91.5 cm³/mol. The van der Waals surface area contributed by atoms with Gasteiger partial charge in [-0.15, -0.1) is 0 Å². The third kappa shape index (κ3) is 5.74. The van der Waals surface area contributed by atoms with Gasteiger partial charge in [0.15, 0.2) is 0 Å². The second-order valence-corrected chi connectivity index (χ2v) is 19.1. The quantitative estimate of drug-likeness (QED) is 0.445. The van der Waals surface area contributed by atoms with Crippen LogP contribution in [0.5, 0.6) is 0 Å². The molecule has 126 valence electrons. The average Bonchev–Trinajstić information content (AvgIpc) is 2.54. The second-order valence-electron chi connectivity index (χ2n) is 6.23. The van der Waals surface area contributed by atoms with E-state index in [1.54, 1.807) is 0 Å². The van der Waals surface area contributed by atoms with Crippen molar-refractivity contribution in [3.8, 4) is 0 Å². The van der Waals surface area contributed by atoms with Crippen LogP contribution in [0.15, 0.2) is 12.4 Å². The van der Waals surface area contributed by atoms with E-state index in [1.165, 1.54) is 64.2 Å². The van der Waals surface area contributed by atoms with Gasteiger partial charge in [-0.2, -0.15) is 0 Å². The molecule has 0 aromatic carbocycles. The molecule has 0 fully saturated rings. The first kappa shape index (κ1) is 19.8. The average molecular weight is 419 g/mol. The Morgan fingerprint density at radius 3 is 1.59 bits per heavy atom. The first-order valence-corrected chi connectivity index (χ1v) is 16.2. The van der Waals surface area contributed by atoms with Crippen LogP contribution in [0.2, 0.25) is 13.3 Å². The Bertz CT molecular complexity index is 388. The molecule has 1 heterocycles. The zero-order valence-electron chi connectivity index (χ0n) is 14.2. The Kier molecular flexibility index (Phi) is 9.44. The number of halogens is 2. The normalized spacial score (nSPS) is 12.1. The monoisotopic (exact) mass is 420 g/mol. The molecule has 1 aromatic heterocycles. The van der Waals surface area contributed by atoms with Crippen LogP contribution in [0.4, 0.5) is 8.78 Å². The van der Waals surface area contributed by atoms with Crippen LogP contribution in [0.1, 0.15) is 71.3 Å². The fraction of sp³-hybridized carbons (Fsp3) is 0.765. The topological polar surface area (TPSA) is 25.8 Å². The SMILES string of the molecule is CCC[CH2][Sn]([CH2]CCC)([CH2]CCC)[c]1ncc(C(F)F)cn1. The van der Waals surface area contributed by atoms with E-state index in [0.717, 1.165) is 3.84 Å². The molecule has 22 heavy (non-hydrogen) atoms. The maximum absolute atomic E-state index is 12.7. The second kappa shape index (κ2) is 10.5. The van der Waals surface area contributed by atoms with E-state index < -0.39 is 24.8 Å². The molecule has 0 N–H and O–H groups in total. The van der Waals surface area contributed by atoms with Crippen molar-refractivity contribution >= 4 is 22.2 Å². The van der Waals surface area contributed by atoms with Crippen LogP contribution >= 0.6 is 0 Å². The van der Waals surface area contributed by atoms with Crippen LogP contribution in [-0.4, -0.2) is 28.3 Å². The molecule has 0 aliphatic heterocycles. The van der Waals surface area contributed by atoms with Crippen LogP contribution in [-0.2, 0) is 0 Å². The maximum atomic E-state index is 12.7. The first-order valence-electron chi connectivity index (χ1n) is 8.70. The summed E-state index contributed by atoms with van der Waals surface area (Å²) in [7, 11) is 0. The van der Waals surface area contributed by atoms with Gasteiger partial charge in [-0.3, -0.25) is 0 Å². The van der Waals surface area contributed by atoms with E-state index in [2.05, 4.69) is 30.7 Å². The van der Waals surface area contributed by atoms with Crippen LogP contribution in [0, 0.1) is 0 Å². The molecule has 0 amide bonds. The van der Waals surface area contributed by atoms with Crippen LogP contribution < -0.4 is 3.84 Å². The molecule has 0 spiro atoms. The predicted octanol–water partition coefficient (Wildman–Crippen LogP) is 5.47. The van der Waals surface area contributed by atoms with Crippen molar-refractivity contribution in [3.05, 3.63) is 18.0 Å². The van der Waals surface area contributed by atoms with Crippen molar-refractivity contribution in [2.45, 2.75) is 79.0 Å². The summed E-state index contributed by atoms with van der Waals surface area (Å²) in [6, 6.07) is 0. The summed E-state index contributed by atoms with van der Waals surface area (Å²) in [5.41, 5.74) is -0.0505. The van der Waals surface area contributed by atoms with Gasteiger partial charge >= 0.3 is 138 Å². The number of hydrogen-bond donors (Lipinski definition) is 0. The molecule has 2 nitrogen and oxygen atoms in total. The van der Waals surface area contributed by atoms with E-state index >= 15 is 0 Å². The molecule has 0 saturated heterocycles. The fourth-order valence-electron chi connectivity index (χ4n) is 2.98. The number of nitrogens with zero attached hydrogens (tertiary/aromatic N) is 2. The van der Waals surface area contributed by atoms with Gasteiger partial charge in [0.05, 0.1) is 0 Å². The zero-order valence-corrected chi connectivity index (χ0v) is 17.1. The summed E-state index contributed by atoms with van der Waals surface area (Å²) in [4.78, 5) is 8.87. The van der Waals surface area contributed by atoms with Gasteiger partial charge in [0, 0.05) is 0 Å². The number of aromatic nitrogens is 2. The van der Waals surface area contributed by atoms with Gasteiger partial charge < -0.3 is 0 Å². The summed E-state index contributed by atoms with van der Waals surface area (Å²) < 4.78 is 30.3. The summed E-state index contributed by atoms with van der Waals surface area (Å²) in [5.74, 6) is 0. The third-order valence-corrected chi connectivity index (χ3v) is 19.1. The molecular formula is C17H30F2N2Sn. The van der Waals surface area contributed by atoms with Crippen molar-refractivity contribution in [1.82, 2.24) is 9.97 Å². The van der Waals surface area contributed by atoms with E-state index in [4.69, 9.17) is 0 Å². The molecule has 0 aliphatic rings. The molecule has 1 aromatic rings. The molecule has 0 atom stereocenters. The molecule has 0 unspecified atom stereocenters. The molecule has 0 bridgehead atoms. The fourth-order valence-corrected chi connectivity index (χ4v) is 17.8. The standard InChI is InChI=1S/C5H3F2N2.3C4H9.Sn/c6-5(7)4-1-8-3-9-2-4;3*1-3-4-2;/h1-2,5H;3*1,3-4H2,2H3;. The van der Waals surface area contributed by atoms with Gasteiger partial charge in [0.1, 0.15) is 0 Å². The van der Waals surface area contributed by atoms with Crippen LogP contribution in [0.3, 0.4) is 0 Å². The molecule has 0 aliphatic carbocycles. The Hall–Kier alpha value is -0.261. The van der Waals surface area contributed by atoms with Crippen molar-refractivity contribution < 1.29 is 8.78 Å². The molecule has 1 rings (SSSR count). The van der Waals surface area contributed by atoms with Crippen molar-refractivity contribution in [2.24, 2.45) is 0 Å². The summed E-state index contributed by atoms with van der Waals surface area (Å²) in [6.45, 7) is 6.66. The molecular weight excluding hydrogens is 389 g/mol. The van der Waals surface area contributed by atoms with Crippen molar-refractivity contribution in [1.29, 1.82) is 0 Å². The first-order chi connectivity index (χ1) is 10.6. The Balaban J connectivity index is 3.07. The molecule has 0 saturated carbocycles. The Labute approximate surface area is 138 Å². The van der Waals surface area contributed by atoms with Crippen molar-refractivity contribution in [3.63, 3.8) is 0 Å². The molecule has 5 heteroatoms. The van der Waals surface area contributed by atoms with Gasteiger partial charge in [0.25, 0.3) is 0 Å². The Morgan fingerprint density at radius 2 is 1.27 bits per heavy atom. The van der Waals surface area contributed by atoms with Gasteiger partial charge in [-0.1, -0.05) is 0 Å². The van der Waals surface area contributed by atoms with Crippen LogP contribution in [0.25, 0.3) is 0 Å². The minimum atomic E-state index is -2.64. The van der Waals surface area contributed by atoms with E-state index in [-0.39, 0.29) is 5.56 Å². The van der Waals surface area contributed by atoms with E-state index in [1.807, 2.05) is 0 Å². The summed E-state index contributed by atoms with van der Waals surface area (Å²) >= 11 is -2.64. The minimum absolute atomic E-state index is 0.0505. The van der Waals surface area contributed by atoms with E-state index in [0.29, 0.717) is 0 Å². The Morgan fingerprint density at radius 1 is 0.864 bits per heavy atom. The van der Waals surface area contributed by atoms with Gasteiger partial charge in [0.2, 0.25) is 0 Å². The van der Waals surface area contributed by atoms with E-state index in [9.17, 15) is 8.78 Å². The summed E-state index contributed by atoms with van der Waals surface area (Å²) in [5, 5.41) is 0. The molecule has 0 radical (unpaired) electrons. The summed E-state index contributed by atoms with van der Waals surface area (Å²) in [6.07, 6.45) is 7.49.